The van der Waals surface area contributed by atoms with Gasteiger partial charge < -0.3 is 9.47 Å². The zero-order chi connectivity index (χ0) is 24.9. The Kier molecular flexibility index (Phi) is 8.20. The van der Waals surface area contributed by atoms with E-state index in [1.807, 2.05) is 57.2 Å². The van der Waals surface area contributed by atoms with Gasteiger partial charge in [-0.15, -0.1) is 11.8 Å². The van der Waals surface area contributed by atoms with Gasteiger partial charge in [-0.3, -0.25) is 10.2 Å². The normalized spacial score (nSPS) is 16.5. The number of carbonyl (C=O) groups is 1. The molecule has 182 valence electrons. The van der Waals surface area contributed by atoms with E-state index >= 15 is 0 Å². The highest BCUT2D eigenvalue weighted by atomic mass is 35.5. The van der Waals surface area contributed by atoms with Crippen molar-refractivity contribution < 1.29 is 14.3 Å². The van der Waals surface area contributed by atoms with Crippen molar-refractivity contribution in [2.45, 2.75) is 25.7 Å². The number of nitrogens with one attached hydrogen (secondary N) is 1. The van der Waals surface area contributed by atoms with Crippen LogP contribution in [0.4, 0.5) is 0 Å². The molecule has 2 aliphatic heterocycles. The van der Waals surface area contributed by atoms with Crippen molar-refractivity contribution in [1.82, 2.24) is 5.01 Å². The smallest absolute Gasteiger partial charge is 0.283 e. The van der Waals surface area contributed by atoms with Gasteiger partial charge in [0.1, 0.15) is 5.04 Å². The average Bonchev–Trinajstić information content (AvgIpc) is 3.26. The molecule has 1 amide bonds. The monoisotopic (exact) mass is 528 g/mol. The summed E-state index contributed by atoms with van der Waals surface area (Å²) in [6.45, 7) is 6.90. The maximum absolute atomic E-state index is 12.7. The van der Waals surface area contributed by atoms with Crippen LogP contribution in [0.3, 0.4) is 0 Å². The molecule has 10 heteroatoms. The molecule has 0 bridgehead atoms. The third-order valence-electron chi connectivity index (χ3n) is 4.97. The zero-order valence-electron chi connectivity index (χ0n) is 19.6. The minimum absolute atomic E-state index is 0.0145. The van der Waals surface area contributed by atoms with Crippen LogP contribution in [0.15, 0.2) is 63.0 Å². The van der Waals surface area contributed by atoms with E-state index in [2.05, 4.69) is 10.1 Å². The summed E-state index contributed by atoms with van der Waals surface area (Å²) in [7, 11) is 0. The molecule has 0 saturated heterocycles. The minimum atomic E-state index is -0.452. The van der Waals surface area contributed by atoms with Crippen LogP contribution < -0.4 is 9.47 Å². The Morgan fingerprint density at radius 2 is 1.94 bits per heavy atom. The maximum atomic E-state index is 12.7. The van der Waals surface area contributed by atoms with E-state index in [1.165, 1.54) is 16.8 Å². The Morgan fingerprint density at radius 3 is 2.66 bits per heavy atom. The van der Waals surface area contributed by atoms with E-state index in [0.717, 1.165) is 15.7 Å². The number of hydrogen-bond acceptors (Lipinski definition) is 7. The van der Waals surface area contributed by atoms with Gasteiger partial charge in [0.15, 0.2) is 17.3 Å². The number of benzene rings is 2. The molecule has 0 fully saturated rings. The fourth-order valence-corrected chi connectivity index (χ4v) is 5.00. The molecule has 7 nitrogen and oxygen atoms in total. The fourth-order valence-electron chi connectivity index (χ4n) is 3.25. The zero-order valence-corrected chi connectivity index (χ0v) is 22.0. The largest absolute Gasteiger partial charge is 0.490 e. The number of carbonyl (C=O) groups excluding carboxylic acids is 1. The van der Waals surface area contributed by atoms with Crippen molar-refractivity contribution in [2.24, 2.45) is 16.0 Å². The van der Waals surface area contributed by atoms with Crippen molar-refractivity contribution >= 4 is 63.2 Å². The maximum Gasteiger partial charge on any atom is 0.283 e. The number of hydrazone groups is 1. The first-order valence-electron chi connectivity index (χ1n) is 11.1. The van der Waals surface area contributed by atoms with Gasteiger partial charge >= 0.3 is 0 Å². The number of ether oxygens (including phenoxy) is 2. The lowest BCUT2D eigenvalue weighted by Gasteiger charge is -2.20. The molecule has 0 radical (unpaired) electrons. The molecule has 0 aliphatic carbocycles. The number of amides is 1. The topological polar surface area (TPSA) is 87.3 Å². The third kappa shape index (κ3) is 6.09. The molecule has 2 aromatic rings. The van der Waals surface area contributed by atoms with Crippen molar-refractivity contribution in [2.75, 3.05) is 19.0 Å². The van der Waals surface area contributed by atoms with Crippen LogP contribution in [0.5, 0.6) is 11.5 Å². The quantitative estimate of drug-likeness (QED) is 0.237. The van der Waals surface area contributed by atoms with Gasteiger partial charge in [-0.05, 0) is 66.7 Å². The lowest BCUT2D eigenvalue weighted by molar-refractivity contribution is -0.114. The summed E-state index contributed by atoms with van der Waals surface area (Å²) in [5.41, 5.74) is 0.890. The van der Waals surface area contributed by atoms with Crippen LogP contribution in [0.25, 0.3) is 6.08 Å². The number of hydrogen-bond donors (Lipinski definition) is 1. The number of fused-ring (bicyclic) bond motifs is 1. The summed E-state index contributed by atoms with van der Waals surface area (Å²) in [5.74, 6) is 1.71. The van der Waals surface area contributed by atoms with Gasteiger partial charge in [0.05, 0.1) is 18.8 Å². The van der Waals surface area contributed by atoms with Gasteiger partial charge in [-0.2, -0.15) is 15.1 Å². The van der Waals surface area contributed by atoms with E-state index in [4.69, 9.17) is 26.5 Å². The van der Waals surface area contributed by atoms with Crippen molar-refractivity contribution in [3.05, 3.63) is 58.6 Å². The van der Waals surface area contributed by atoms with Crippen LogP contribution in [0.2, 0.25) is 5.02 Å². The Labute approximate surface area is 218 Å². The summed E-state index contributed by atoms with van der Waals surface area (Å²) in [6, 6.07) is 13.1. The molecule has 2 aromatic carbocycles. The molecular weight excluding hydrogens is 504 g/mol. The van der Waals surface area contributed by atoms with Gasteiger partial charge in [-0.25, -0.2) is 0 Å². The predicted octanol–water partition coefficient (Wildman–Crippen LogP) is 6.18. The van der Waals surface area contributed by atoms with Crippen molar-refractivity contribution in [1.29, 1.82) is 5.41 Å². The van der Waals surface area contributed by atoms with Crippen LogP contribution in [0, 0.1) is 11.3 Å². The Hall–Kier alpha value is -2.75. The lowest BCUT2D eigenvalue weighted by Crippen LogP contribution is -2.35. The first kappa shape index (κ1) is 25.3. The molecule has 0 unspecified atom stereocenters. The first-order valence-corrected chi connectivity index (χ1v) is 13.3. The number of nitrogens with zero attached hydrogens (tertiary/aromatic N) is 3. The standard InChI is InChI=1S/C25H25ClN4O3S2/c1-4-32-21-14-16(5-10-20(21)33-11-12-34-18-8-6-17(26)7-9-18)13-19-22(27)30-25(28-23(19)31)35-24(29-30)15(2)3/h5-10,13-15,27H,4,11-12H2,1-3H3/b19-13-,27-22?. The van der Waals surface area contributed by atoms with Gasteiger partial charge in [-0.1, -0.05) is 31.5 Å². The van der Waals surface area contributed by atoms with Crippen LogP contribution in [-0.4, -0.2) is 45.9 Å². The van der Waals surface area contributed by atoms with Crippen LogP contribution >= 0.6 is 35.1 Å². The Morgan fingerprint density at radius 1 is 1.17 bits per heavy atom. The van der Waals surface area contributed by atoms with Crippen molar-refractivity contribution in [3.8, 4) is 11.5 Å². The van der Waals surface area contributed by atoms with E-state index in [0.29, 0.717) is 40.5 Å². The second kappa shape index (κ2) is 11.3. The van der Waals surface area contributed by atoms with E-state index in [9.17, 15) is 4.79 Å². The summed E-state index contributed by atoms with van der Waals surface area (Å²) < 4.78 is 11.7. The molecule has 2 heterocycles. The van der Waals surface area contributed by atoms with Gasteiger partial charge in [0.25, 0.3) is 5.91 Å². The second-order valence-electron chi connectivity index (χ2n) is 7.90. The van der Waals surface area contributed by atoms with Crippen LogP contribution in [-0.2, 0) is 4.79 Å². The summed E-state index contributed by atoms with van der Waals surface area (Å²) in [5, 5.41) is 16.4. The highest BCUT2D eigenvalue weighted by molar-refractivity contribution is 8.27. The van der Waals surface area contributed by atoms with Gasteiger partial charge in [0, 0.05) is 21.6 Å². The Balaban J connectivity index is 1.46. The average molecular weight is 529 g/mol. The molecule has 2 aliphatic rings. The highest BCUT2D eigenvalue weighted by Crippen LogP contribution is 2.33. The van der Waals surface area contributed by atoms with Gasteiger partial charge in [0.2, 0.25) is 5.17 Å². The molecule has 35 heavy (non-hydrogen) atoms. The third-order valence-corrected chi connectivity index (χ3v) is 7.40. The molecule has 0 atom stereocenters. The number of amidine groups is 2. The molecule has 0 spiro atoms. The van der Waals surface area contributed by atoms with E-state index in [1.54, 1.807) is 23.9 Å². The predicted molar refractivity (Wildman–Crippen MR) is 145 cm³/mol. The number of rotatable bonds is 9. The lowest BCUT2D eigenvalue weighted by atomic mass is 10.1. The minimum Gasteiger partial charge on any atom is -0.490 e. The summed E-state index contributed by atoms with van der Waals surface area (Å²) in [4.78, 5) is 17.9. The first-order chi connectivity index (χ1) is 16.9. The number of halogens is 1. The molecule has 4 rings (SSSR count). The second-order valence-corrected chi connectivity index (χ2v) is 10.5. The SMILES string of the molecule is CCOc1cc(/C=C2/C(=N)N3N=C(C(C)C)SC3=NC2=O)ccc1OCCSc1ccc(Cl)cc1. The molecular formula is C25H25ClN4O3S2. The summed E-state index contributed by atoms with van der Waals surface area (Å²) in [6.07, 6.45) is 1.64. The van der Waals surface area contributed by atoms with Crippen LogP contribution in [0.1, 0.15) is 26.3 Å². The van der Waals surface area contributed by atoms with Crippen molar-refractivity contribution in [3.63, 3.8) is 0 Å². The fraction of sp³-hybridized carbons (Fsp3) is 0.280. The molecule has 0 saturated carbocycles. The van der Waals surface area contributed by atoms with E-state index in [-0.39, 0.29) is 17.3 Å². The molecule has 0 aromatic heterocycles. The number of aliphatic imine (C=N–C) groups is 1. The highest BCUT2D eigenvalue weighted by Gasteiger charge is 2.36. The molecule has 1 N–H and O–H groups in total. The summed E-state index contributed by atoms with van der Waals surface area (Å²) >= 11 is 8.94. The van der Waals surface area contributed by atoms with E-state index < -0.39 is 5.91 Å². The Bertz CT molecular complexity index is 1230. The number of thioether (sulfide) groups is 2.